The maximum absolute atomic E-state index is 4.86. The standard InChI is InChI=1S/C20H23N3.C16H14N2/c1-5-14-11-17-18(12-15(14)6-2)22-20(23-19(17)13(3)4)16-7-9-21-10-8-16;1-11-8-9-14-12(2)17-16(18-15(14)10-11)13-6-4-3-5-7-13/h7-13H,5-6H2,1-4H3;3-10H,1-2H3. The SMILES string of the molecule is CCc1cc2nc(-c3ccncc3)nc(C(C)C)c2cc1CC.Cc1ccc2c(C)nc(-c3ccccc3)nc2c1. The van der Waals surface area contributed by atoms with Gasteiger partial charge in [-0.2, -0.15) is 0 Å². The Kier molecular flexibility index (Phi) is 8.44. The van der Waals surface area contributed by atoms with Crippen molar-refractivity contribution in [2.45, 2.75) is 60.3 Å². The molecule has 0 saturated carbocycles. The van der Waals surface area contributed by atoms with Crippen LogP contribution in [0.4, 0.5) is 0 Å². The summed E-state index contributed by atoms with van der Waals surface area (Å²) in [7, 11) is 0. The molecule has 0 N–H and O–H groups in total. The lowest BCUT2D eigenvalue weighted by Crippen LogP contribution is -2.02. The third kappa shape index (κ3) is 6.14. The molecule has 206 valence electrons. The van der Waals surface area contributed by atoms with Gasteiger partial charge in [0.15, 0.2) is 11.6 Å². The number of benzene rings is 3. The quantitative estimate of drug-likeness (QED) is 0.219. The van der Waals surface area contributed by atoms with Crippen molar-refractivity contribution in [3.8, 4) is 22.8 Å². The number of nitrogens with zero attached hydrogens (tertiary/aromatic N) is 5. The maximum atomic E-state index is 4.86. The maximum Gasteiger partial charge on any atom is 0.160 e. The van der Waals surface area contributed by atoms with Gasteiger partial charge >= 0.3 is 0 Å². The molecule has 6 rings (SSSR count). The van der Waals surface area contributed by atoms with Crippen LogP contribution in [0.3, 0.4) is 0 Å². The van der Waals surface area contributed by atoms with Crippen LogP contribution in [0.25, 0.3) is 44.6 Å². The van der Waals surface area contributed by atoms with Gasteiger partial charge in [-0.15, -0.1) is 0 Å². The Balaban J connectivity index is 0.000000169. The highest BCUT2D eigenvalue weighted by Gasteiger charge is 2.14. The van der Waals surface area contributed by atoms with Crippen LogP contribution in [-0.2, 0) is 12.8 Å². The van der Waals surface area contributed by atoms with Crippen molar-refractivity contribution < 1.29 is 0 Å². The molecule has 0 radical (unpaired) electrons. The van der Waals surface area contributed by atoms with Crippen molar-refractivity contribution in [2.24, 2.45) is 0 Å². The lowest BCUT2D eigenvalue weighted by Gasteiger charge is -2.14. The van der Waals surface area contributed by atoms with Gasteiger partial charge < -0.3 is 0 Å². The van der Waals surface area contributed by atoms with E-state index in [-0.39, 0.29) is 0 Å². The average Bonchev–Trinajstić information content (AvgIpc) is 3.00. The predicted octanol–water partition coefficient (Wildman–Crippen LogP) is 8.85. The molecule has 0 unspecified atom stereocenters. The third-order valence-electron chi connectivity index (χ3n) is 7.37. The second kappa shape index (κ2) is 12.3. The van der Waals surface area contributed by atoms with Gasteiger partial charge in [0.05, 0.1) is 16.7 Å². The van der Waals surface area contributed by atoms with Crippen LogP contribution in [0, 0.1) is 13.8 Å². The summed E-state index contributed by atoms with van der Waals surface area (Å²) < 4.78 is 0. The van der Waals surface area contributed by atoms with Crippen molar-refractivity contribution in [2.75, 3.05) is 0 Å². The zero-order chi connectivity index (χ0) is 28.9. The predicted molar refractivity (Wildman–Crippen MR) is 170 cm³/mol. The minimum absolute atomic E-state index is 0.360. The summed E-state index contributed by atoms with van der Waals surface area (Å²) in [5, 5.41) is 2.31. The number of rotatable bonds is 5. The first-order valence-electron chi connectivity index (χ1n) is 14.4. The van der Waals surface area contributed by atoms with Gasteiger partial charge in [-0.3, -0.25) is 4.98 Å². The van der Waals surface area contributed by atoms with Crippen LogP contribution in [0.1, 0.15) is 61.7 Å². The van der Waals surface area contributed by atoms with Crippen molar-refractivity contribution in [3.05, 3.63) is 113 Å². The van der Waals surface area contributed by atoms with E-state index in [4.69, 9.17) is 9.97 Å². The van der Waals surface area contributed by atoms with Crippen LogP contribution in [0.15, 0.2) is 85.2 Å². The minimum atomic E-state index is 0.360. The molecule has 0 fully saturated rings. The molecule has 3 aromatic carbocycles. The Labute approximate surface area is 242 Å². The van der Waals surface area contributed by atoms with Crippen molar-refractivity contribution in [3.63, 3.8) is 0 Å². The number of aryl methyl sites for hydroxylation is 4. The minimum Gasteiger partial charge on any atom is -0.265 e. The van der Waals surface area contributed by atoms with E-state index in [1.165, 1.54) is 22.1 Å². The van der Waals surface area contributed by atoms with Crippen LogP contribution in [0.5, 0.6) is 0 Å². The van der Waals surface area contributed by atoms with E-state index in [9.17, 15) is 0 Å². The normalized spacial score (nSPS) is 11.1. The van der Waals surface area contributed by atoms with Gasteiger partial charge in [0.1, 0.15) is 0 Å². The lowest BCUT2D eigenvalue weighted by atomic mass is 9.96. The first-order valence-corrected chi connectivity index (χ1v) is 14.4. The van der Waals surface area contributed by atoms with E-state index in [0.717, 1.165) is 63.4 Å². The molecule has 3 aromatic heterocycles. The number of hydrogen-bond acceptors (Lipinski definition) is 5. The fourth-order valence-corrected chi connectivity index (χ4v) is 5.13. The van der Waals surface area contributed by atoms with Gasteiger partial charge in [-0.05, 0) is 79.6 Å². The van der Waals surface area contributed by atoms with Crippen molar-refractivity contribution in [1.29, 1.82) is 0 Å². The van der Waals surface area contributed by atoms with Crippen LogP contribution in [0.2, 0.25) is 0 Å². The van der Waals surface area contributed by atoms with Crippen LogP contribution >= 0.6 is 0 Å². The summed E-state index contributed by atoms with van der Waals surface area (Å²) in [5.41, 5.74) is 10.3. The van der Waals surface area contributed by atoms with E-state index >= 15 is 0 Å². The molecule has 0 bridgehead atoms. The first kappa shape index (κ1) is 28.0. The Morgan fingerprint density at radius 2 is 1.22 bits per heavy atom. The van der Waals surface area contributed by atoms with Crippen LogP contribution < -0.4 is 0 Å². The summed E-state index contributed by atoms with van der Waals surface area (Å²) in [6.07, 6.45) is 5.65. The topological polar surface area (TPSA) is 64.5 Å². The largest absolute Gasteiger partial charge is 0.265 e. The van der Waals surface area contributed by atoms with Gasteiger partial charge in [0, 0.05) is 40.0 Å². The van der Waals surface area contributed by atoms with Gasteiger partial charge in [0.25, 0.3) is 0 Å². The van der Waals surface area contributed by atoms with E-state index < -0.39 is 0 Å². The number of aromatic nitrogens is 5. The van der Waals surface area contributed by atoms with Gasteiger partial charge in [-0.25, -0.2) is 19.9 Å². The Morgan fingerprint density at radius 1 is 0.610 bits per heavy atom. The highest BCUT2D eigenvalue weighted by molar-refractivity contribution is 5.85. The fraction of sp³-hybridized carbons (Fsp3) is 0.250. The average molecular weight is 540 g/mol. The summed E-state index contributed by atoms with van der Waals surface area (Å²) in [4.78, 5) is 23.0. The Hall–Kier alpha value is -4.51. The van der Waals surface area contributed by atoms with E-state index in [2.05, 4.69) is 79.9 Å². The smallest absolute Gasteiger partial charge is 0.160 e. The molecule has 5 heteroatoms. The zero-order valence-corrected chi connectivity index (χ0v) is 24.8. The molecule has 0 spiro atoms. The van der Waals surface area contributed by atoms with E-state index in [1.807, 2.05) is 49.4 Å². The molecular weight excluding hydrogens is 502 g/mol. The molecule has 3 heterocycles. The van der Waals surface area contributed by atoms with E-state index in [1.54, 1.807) is 12.4 Å². The Morgan fingerprint density at radius 3 is 1.88 bits per heavy atom. The highest BCUT2D eigenvalue weighted by Crippen LogP contribution is 2.29. The molecular formula is C36H37N5. The molecule has 0 amide bonds. The third-order valence-corrected chi connectivity index (χ3v) is 7.37. The number of fused-ring (bicyclic) bond motifs is 2. The van der Waals surface area contributed by atoms with Crippen molar-refractivity contribution in [1.82, 2.24) is 24.9 Å². The highest BCUT2D eigenvalue weighted by atomic mass is 14.9. The monoisotopic (exact) mass is 539 g/mol. The summed E-state index contributed by atoms with van der Waals surface area (Å²) in [6, 6.07) is 24.9. The number of hydrogen-bond donors (Lipinski definition) is 0. The molecule has 5 nitrogen and oxygen atoms in total. The fourth-order valence-electron chi connectivity index (χ4n) is 5.13. The van der Waals surface area contributed by atoms with Gasteiger partial charge in [0.2, 0.25) is 0 Å². The molecule has 0 saturated heterocycles. The lowest BCUT2D eigenvalue weighted by molar-refractivity contribution is 0.830. The summed E-state index contributed by atoms with van der Waals surface area (Å²) in [5.74, 6) is 1.94. The van der Waals surface area contributed by atoms with Gasteiger partial charge in [-0.1, -0.05) is 70.2 Å². The van der Waals surface area contributed by atoms with E-state index in [0.29, 0.717) is 5.92 Å². The Bertz CT molecular complexity index is 1790. The molecule has 0 aliphatic carbocycles. The first-order chi connectivity index (χ1) is 19.9. The molecule has 6 aromatic rings. The molecule has 0 aliphatic rings. The zero-order valence-electron chi connectivity index (χ0n) is 24.8. The summed E-state index contributed by atoms with van der Waals surface area (Å²) in [6.45, 7) is 12.9. The molecule has 41 heavy (non-hydrogen) atoms. The summed E-state index contributed by atoms with van der Waals surface area (Å²) >= 11 is 0. The van der Waals surface area contributed by atoms with Crippen LogP contribution in [-0.4, -0.2) is 24.9 Å². The van der Waals surface area contributed by atoms with Crippen molar-refractivity contribution >= 4 is 21.8 Å². The number of pyridine rings is 1. The molecule has 0 aliphatic heterocycles. The second-order valence-electron chi connectivity index (χ2n) is 10.7. The second-order valence-corrected chi connectivity index (χ2v) is 10.7. The molecule has 0 atom stereocenters.